The van der Waals surface area contributed by atoms with Gasteiger partial charge in [0.25, 0.3) is 0 Å². The average Bonchev–Trinajstić information content (AvgIpc) is 2.01. The highest BCUT2D eigenvalue weighted by Gasteiger charge is 2.29. The zero-order valence-corrected chi connectivity index (χ0v) is 9.94. The summed E-state index contributed by atoms with van der Waals surface area (Å²) in [6.07, 6.45) is 0. The molecule has 0 aromatic rings. The topological polar surface area (TPSA) is 27.3 Å². The Hall–Kier alpha value is 0.170. The summed E-state index contributed by atoms with van der Waals surface area (Å²) in [7, 11) is 0. The monoisotopic (exact) mass is 219 g/mol. The minimum absolute atomic E-state index is 0. The molecule has 2 aliphatic heterocycles. The van der Waals surface area contributed by atoms with Gasteiger partial charge in [-0.1, -0.05) is 13.8 Å². The molecule has 84 valence electrons. The zero-order valence-electron chi connectivity index (χ0n) is 9.12. The second kappa shape index (κ2) is 5.31. The van der Waals surface area contributed by atoms with Crippen LogP contribution in [-0.4, -0.2) is 49.7 Å². The van der Waals surface area contributed by atoms with E-state index in [1.807, 2.05) is 0 Å². The lowest BCUT2D eigenvalue weighted by atomic mass is 9.99. The van der Waals surface area contributed by atoms with Crippen LogP contribution in [0.4, 0.5) is 0 Å². The largest absolute Gasteiger partial charge is 0.314 e. The van der Waals surface area contributed by atoms with Crippen molar-refractivity contribution in [2.75, 3.05) is 32.7 Å². The summed E-state index contributed by atoms with van der Waals surface area (Å²) in [5, 5.41) is 6.93. The highest BCUT2D eigenvalue weighted by molar-refractivity contribution is 5.85. The van der Waals surface area contributed by atoms with Crippen LogP contribution in [0.3, 0.4) is 0 Å². The van der Waals surface area contributed by atoms with Crippen LogP contribution >= 0.6 is 12.4 Å². The van der Waals surface area contributed by atoms with Gasteiger partial charge in [0.05, 0.1) is 0 Å². The number of piperazine rings is 1. The summed E-state index contributed by atoms with van der Waals surface area (Å²) in [6.45, 7) is 10.6. The Bertz CT molecular complexity index is 171. The van der Waals surface area contributed by atoms with Crippen LogP contribution in [0.1, 0.15) is 13.8 Å². The van der Waals surface area contributed by atoms with Crippen molar-refractivity contribution in [2.45, 2.75) is 25.9 Å². The molecule has 0 amide bonds. The quantitative estimate of drug-likeness (QED) is 0.700. The fourth-order valence-corrected chi connectivity index (χ4v) is 2.11. The summed E-state index contributed by atoms with van der Waals surface area (Å²) in [4.78, 5) is 2.64. The van der Waals surface area contributed by atoms with E-state index in [-0.39, 0.29) is 12.4 Å². The summed E-state index contributed by atoms with van der Waals surface area (Å²) in [5.41, 5.74) is 0. The third-order valence-corrected chi connectivity index (χ3v) is 3.32. The summed E-state index contributed by atoms with van der Waals surface area (Å²) >= 11 is 0. The van der Waals surface area contributed by atoms with Gasteiger partial charge in [-0.3, -0.25) is 4.90 Å². The number of rotatable bonds is 2. The number of nitrogens with one attached hydrogen (secondary N) is 2. The van der Waals surface area contributed by atoms with E-state index in [1.165, 1.54) is 32.7 Å². The lowest BCUT2D eigenvalue weighted by Gasteiger charge is -2.44. The molecule has 0 aromatic heterocycles. The molecule has 0 unspecified atom stereocenters. The van der Waals surface area contributed by atoms with E-state index in [1.54, 1.807) is 0 Å². The Morgan fingerprint density at radius 1 is 1.29 bits per heavy atom. The van der Waals surface area contributed by atoms with Gasteiger partial charge in [0.15, 0.2) is 0 Å². The molecule has 0 spiro atoms. The van der Waals surface area contributed by atoms with E-state index >= 15 is 0 Å². The van der Waals surface area contributed by atoms with Crippen LogP contribution < -0.4 is 10.6 Å². The molecule has 0 aromatic carbocycles. The molecule has 2 heterocycles. The van der Waals surface area contributed by atoms with Gasteiger partial charge in [-0.25, -0.2) is 0 Å². The third kappa shape index (κ3) is 2.60. The maximum atomic E-state index is 3.59. The number of hydrogen-bond acceptors (Lipinski definition) is 3. The first-order valence-electron chi connectivity index (χ1n) is 5.45. The summed E-state index contributed by atoms with van der Waals surface area (Å²) in [6, 6.07) is 1.53. The van der Waals surface area contributed by atoms with Gasteiger partial charge in [-0.2, -0.15) is 0 Å². The molecule has 0 bridgehead atoms. The number of hydrogen-bond donors (Lipinski definition) is 2. The van der Waals surface area contributed by atoms with Crippen molar-refractivity contribution in [3.63, 3.8) is 0 Å². The molecule has 2 N–H and O–H groups in total. The van der Waals surface area contributed by atoms with Crippen molar-refractivity contribution in [1.29, 1.82) is 0 Å². The van der Waals surface area contributed by atoms with Gasteiger partial charge in [-0.15, -0.1) is 12.4 Å². The number of nitrogens with zero attached hydrogens (tertiary/aromatic N) is 1. The fraction of sp³-hybridized carbons (Fsp3) is 1.00. The van der Waals surface area contributed by atoms with Crippen molar-refractivity contribution in [1.82, 2.24) is 15.5 Å². The Morgan fingerprint density at radius 2 is 2.00 bits per heavy atom. The Balaban J connectivity index is 0.000000980. The average molecular weight is 220 g/mol. The van der Waals surface area contributed by atoms with Crippen LogP contribution in [0, 0.1) is 5.92 Å². The predicted molar refractivity (Wildman–Crippen MR) is 62.1 cm³/mol. The maximum absolute atomic E-state index is 3.59. The minimum Gasteiger partial charge on any atom is -0.314 e. The molecular formula is C10H22ClN3. The van der Waals surface area contributed by atoms with Crippen molar-refractivity contribution in [3.8, 4) is 0 Å². The molecular weight excluding hydrogens is 198 g/mol. The third-order valence-electron chi connectivity index (χ3n) is 3.32. The van der Waals surface area contributed by atoms with Gasteiger partial charge < -0.3 is 10.6 Å². The molecule has 2 aliphatic rings. The van der Waals surface area contributed by atoms with Gasteiger partial charge in [0, 0.05) is 44.8 Å². The van der Waals surface area contributed by atoms with Crippen LogP contribution in [0.15, 0.2) is 0 Å². The standard InChI is InChI=1S/C10H21N3.ClH/c1-8(2)10-7-13(4-3-12-10)9-5-11-6-9;/h8-12H,3-7H2,1-2H3;1H/t10-;/m1./s1. The van der Waals surface area contributed by atoms with Crippen LogP contribution in [0.25, 0.3) is 0 Å². The normalized spacial score (nSPS) is 29.8. The van der Waals surface area contributed by atoms with E-state index in [2.05, 4.69) is 29.4 Å². The molecule has 0 aliphatic carbocycles. The van der Waals surface area contributed by atoms with Crippen molar-refractivity contribution in [2.24, 2.45) is 5.92 Å². The van der Waals surface area contributed by atoms with E-state index in [4.69, 9.17) is 0 Å². The highest BCUT2D eigenvalue weighted by Crippen LogP contribution is 2.12. The Labute approximate surface area is 93.0 Å². The van der Waals surface area contributed by atoms with Crippen LogP contribution in [-0.2, 0) is 0 Å². The molecule has 2 rings (SSSR count). The minimum atomic E-state index is 0. The molecule has 3 nitrogen and oxygen atoms in total. The highest BCUT2D eigenvalue weighted by atomic mass is 35.5. The van der Waals surface area contributed by atoms with Crippen LogP contribution in [0.2, 0.25) is 0 Å². The van der Waals surface area contributed by atoms with E-state index in [9.17, 15) is 0 Å². The second-order valence-electron chi connectivity index (χ2n) is 4.61. The zero-order chi connectivity index (χ0) is 9.26. The molecule has 14 heavy (non-hydrogen) atoms. The van der Waals surface area contributed by atoms with Crippen molar-refractivity contribution in [3.05, 3.63) is 0 Å². The van der Waals surface area contributed by atoms with Gasteiger partial charge in [-0.05, 0) is 5.92 Å². The Morgan fingerprint density at radius 3 is 2.50 bits per heavy atom. The molecule has 1 atom stereocenters. The van der Waals surface area contributed by atoms with Gasteiger partial charge in [0.2, 0.25) is 0 Å². The molecule has 0 radical (unpaired) electrons. The smallest absolute Gasteiger partial charge is 0.0346 e. The summed E-state index contributed by atoms with van der Waals surface area (Å²) in [5.74, 6) is 0.760. The van der Waals surface area contributed by atoms with Gasteiger partial charge in [0.1, 0.15) is 0 Å². The Kier molecular flexibility index (Phi) is 4.64. The predicted octanol–water partition coefficient (Wildman–Crippen LogP) is 0.310. The van der Waals surface area contributed by atoms with Crippen molar-refractivity contribution < 1.29 is 0 Å². The molecule has 4 heteroatoms. The van der Waals surface area contributed by atoms with E-state index in [0.29, 0.717) is 6.04 Å². The van der Waals surface area contributed by atoms with Crippen LogP contribution in [0.5, 0.6) is 0 Å². The second-order valence-corrected chi connectivity index (χ2v) is 4.61. The number of halogens is 1. The first kappa shape index (κ1) is 12.2. The molecule has 2 saturated heterocycles. The molecule has 0 saturated carbocycles. The van der Waals surface area contributed by atoms with Crippen molar-refractivity contribution >= 4 is 12.4 Å². The first-order chi connectivity index (χ1) is 6.27. The molecule has 2 fully saturated rings. The SMILES string of the molecule is CC(C)[C@H]1CN(C2CNC2)CCN1.Cl. The first-order valence-corrected chi connectivity index (χ1v) is 5.45. The van der Waals surface area contributed by atoms with Gasteiger partial charge >= 0.3 is 0 Å². The maximum Gasteiger partial charge on any atom is 0.0346 e. The lowest BCUT2D eigenvalue weighted by molar-refractivity contribution is 0.0950. The summed E-state index contributed by atoms with van der Waals surface area (Å²) < 4.78 is 0. The lowest BCUT2D eigenvalue weighted by Crippen LogP contribution is -2.64. The van der Waals surface area contributed by atoms with E-state index < -0.39 is 0 Å². The van der Waals surface area contributed by atoms with E-state index in [0.717, 1.165) is 12.0 Å². The fourth-order valence-electron chi connectivity index (χ4n) is 2.11.